The second-order valence-corrected chi connectivity index (χ2v) is 4.44. The zero-order chi connectivity index (χ0) is 14.7. The molecule has 0 aliphatic carbocycles. The van der Waals surface area contributed by atoms with Crippen molar-refractivity contribution in [3.05, 3.63) is 48.0 Å². The van der Waals surface area contributed by atoms with Gasteiger partial charge in [-0.15, -0.1) is 0 Å². The van der Waals surface area contributed by atoms with Gasteiger partial charge in [0.1, 0.15) is 5.82 Å². The van der Waals surface area contributed by atoms with Gasteiger partial charge in [-0.1, -0.05) is 6.07 Å². The fourth-order valence-corrected chi connectivity index (χ4v) is 1.80. The maximum atomic E-state index is 13.4. The third-order valence-electron chi connectivity index (χ3n) is 2.83. The molecule has 1 amide bonds. The first-order chi connectivity index (χ1) is 9.50. The molecule has 0 aliphatic rings. The van der Waals surface area contributed by atoms with Gasteiger partial charge in [-0.2, -0.15) is 0 Å². The van der Waals surface area contributed by atoms with Crippen LogP contribution in [-0.4, -0.2) is 25.0 Å². The summed E-state index contributed by atoms with van der Waals surface area (Å²) in [5, 5.41) is 2.69. The van der Waals surface area contributed by atoms with Crippen molar-refractivity contribution in [2.75, 3.05) is 30.0 Å². The number of hydrogen-bond donors (Lipinski definition) is 2. The van der Waals surface area contributed by atoms with Crippen molar-refractivity contribution in [2.24, 2.45) is 0 Å². The summed E-state index contributed by atoms with van der Waals surface area (Å²) < 4.78 is 13.4. The maximum Gasteiger partial charge on any atom is 0.257 e. The molecular formula is C14H15FN4O. The van der Waals surface area contributed by atoms with Crippen molar-refractivity contribution >= 4 is 23.0 Å². The molecule has 0 fully saturated rings. The number of carbonyl (C=O) groups excluding carboxylic acids is 1. The van der Waals surface area contributed by atoms with Gasteiger partial charge in [0, 0.05) is 20.3 Å². The Morgan fingerprint density at radius 3 is 2.80 bits per heavy atom. The van der Waals surface area contributed by atoms with Crippen LogP contribution in [0.2, 0.25) is 0 Å². The van der Waals surface area contributed by atoms with Crippen molar-refractivity contribution in [2.45, 2.75) is 0 Å². The van der Waals surface area contributed by atoms with Crippen LogP contribution in [0.3, 0.4) is 0 Å². The average molecular weight is 274 g/mol. The van der Waals surface area contributed by atoms with Gasteiger partial charge in [0.05, 0.1) is 28.8 Å². The van der Waals surface area contributed by atoms with Crippen LogP contribution in [0.4, 0.5) is 21.5 Å². The van der Waals surface area contributed by atoms with E-state index in [0.29, 0.717) is 5.69 Å². The molecule has 2 rings (SSSR count). The molecule has 3 N–H and O–H groups in total. The van der Waals surface area contributed by atoms with E-state index in [9.17, 15) is 9.18 Å². The molecule has 0 bridgehead atoms. The third-order valence-corrected chi connectivity index (χ3v) is 2.83. The van der Waals surface area contributed by atoms with Crippen LogP contribution in [0, 0.1) is 5.82 Å². The number of anilines is 3. The lowest BCUT2D eigenvalue weighted by Gasteiger charge is -2.17. The second kappa shape index (κ2) is 5.56. The highest BCUT2D eigenvalue weighted by atomic mass is 19.1. The van der Waals surface area contributed by atoms with Crippen molar-refractivity contribution in [1.29, 1.82) is 0 Å². The zero-order valence-electron chi connectivity index (χ0n) is 11.2. The van der Waals surface area contributed by atoms with Gasteiger partial charge in [0.2, 0.25) is 0 Å². The Labute approximate surface area is 116 Å². The monoisotopic (exact) mass is 274 g/mol. The molecule has 0 atom stereocenters. The number of halogens is 1. The molecule has 0 radical (unpaired) electrons. The van der Waals surface area contributed by atoms with Gasteiger partial charge in [-0.05, 0) is 18.2 Å². The smallest absolute Gasteiger partial charge is 0.257 e. The highest BCUT2D eigenvalue weighted by Crippen LogP contribution is 2.24. The zero-order valence-corrected chi connectivity index (χ0v) is 11.2. The Morgan fingerprint density at radius 2 is 2.10 bits per heavy atom. The quantitative estimate of drug-likeness (QED) is 0.841. The number of pyridine rings is 1. The average Bonchev–Trinajstić information content (AvgIpc) is 2.42. The predicted octanol–water partition coefficient (Wildman–Crippen LogP) is 2.12. The van der Waals surface area contributed by atoms with Gasteiger partial charge in [0.25, 0.3) is 5.91 Å². The summed E-state index contributed by atoms with van der Waals surface area (Å²) in [6.07, 6.45) is 3.16. The molecule has 104 valence electrons. The number of nitrogens with one attached hydrogen (secondary N) is 1. The molecule has 1 heterocycles. The molecule has 0 saturated carbocycles. The molecule has 0 aliphatic heterocycles. The highest BCUT2D eigenvalue weighted by Gasteiger charge is 2.14. The first-order valence-electron chi connectivity index (χ1n) is 5.97. The molecule has 1 aromatic carbocycles. The number of para-hydroxylation sites is 1. The van der Waals surface area contributed by atoms with Crippen LogP contribution in [0.25, 0.3) is 0 Å². The molecule has 20 heavy (non-hydrogen) atoms. The van der Waals surface area contributed by atoms with E-state index in [1.54, 1.807) is 12.3 Å². The van der Waals surface area contributed by atoms with E-state index >= 15 is 0 Å². The van der Waals surface area contributed by atoms with Crippen LogP contribution in [0.1, 0.15) is 10.4 Å². The van der Waals surface area contributed by atoms with Gasteiger partial charge >= 0.3 is 0 Å². The molecular weight excluding hydrogens is 259 g/mol. The summed E-state index contributed by atoms with van der Waals surface area (Å²) in [6.45, 7) is 0. The second-order valence-electron chi connectivity index (χ2n) is 4.44. The van der Waals surface area contributed by atoms with E-state index in [2.05, 4.69) is 10.3 Å². The van der Waals surface area contributed by atoms with Gasteiger partial charge in [-0.3, -0.25) is 9.78 Å². The Hall–Kier alpha value is -2.63. The lowest BCUT2D eigenvalue weighted by atomic mass is 10.1. The predicted molar refractivity (Wildman–Crippen MR) is 77.3 cm³/mol. The summed E-state index contributed by atoms with van der Waals surface area (Å²) in [7, 11) is 3.70. The van der Waals surface area contributed by atoms with E-state index in [-0.39, 0.29) is 11.3 Å². The fraction of sp³-hybridized carbons (Fsp3) is 0.143. The highest BCUT2D eigenvalue weighted by molar-refractivity contribution is 6.09. The third kappa shape index (κ3) is 2.69. The van der Waals surface area contributed by atoms with Gasteiger partial charge in [0.15, 0.2) is 0 Å². The van der Waals surface area contributed by atoms with Crippen molar-refractivity contribution in [3.63, 3.8) is 0 Å². The Kier molecular flexibility index (Phi) is 3.84. The van der Waals surface area contributed by atoms with Crippen molar-refractivity contribution < 1.29 is 9.18 Å². The van der Waals surface area contributed by atoms with E-state index in [0.717, 1.165) is 5.69 Å². The summed E-state index contributed by atoms with van der Waals surface area (Å²) in [4.78, 5) is 18.0. The van der Waals surface area contributed by atoms with E-state index < -0.39 is 11.7 Å². The van der Waals surface area contributed by atoms with Gasteiger partial charge < -0.3 is 16.0 Å². The molecule has 2 aromatic rings. The largest absolute Gasteiger partial charge is 0.396 e. The minimum absolute atomic E-state index is 0.0959. The van der Waals surface area contributed by atoms with Crippen LogP contribution >= 0.6 is 0 Å². The summed E-state index contributed by atoms with van der Waals surface area (Å²) >= 11 is 0. The normalized spacial score (nSPS) is 10.2. The number of amides is 1. The van der Waals surface area contributed by atoms with Crippen molar-refractivity contribution in [3.8, 4) is 0 Å². The lowest BCUT2D eigenvalue weighted by Crippen LogP contribution is -2.18. The molecule has 6 heteroatoms. The number of carbonyl (C=O) groups is 1. The summed E-state index contributed by atoms with van der Waals surface area (Å²) in [5.41, 5.74) is 6.83. The molecule has 0 spiro atoms. The topological polar surface area (TPSA) is 71.2 Å². The van der Waals surface area contributed by atoms with E-state index in [4.69, 9.17) is 5.73 Å². The Bertz CT molecular complexity index is 643. The molecule has 0 saturated heterocycles. The number of benzene rings is 1. The fourth-order valence-electron chi connectivity index (χ4n) is 1.80. The number of nitrogens with two attached hydrogens (primary N) is 1. The SMILES string of the molecule is CN(C)c1ccncc1NC(=O)c1cccc(F)c1N. The number of hydrogen-bond acceptors (Lipinski definition) is 4. The first-order valence-corrected chi connectivity index (χ1v) is 5.97. The summed E-state index contributed by atoms with van der Waals surface area (Å²) in [5.74, 6) is -1.09. The van der Waals surface area contributed by atoms with Crippen LogP contribution in [0.15, 0.2) is 36.7 Å². The number of nitrogens with zero attached hydrogens (tertiary/aromatic N) is 2. The van der Waals surface area contributed by atoms with Crippen LogP contribution in [0.5, 0.6) is 0 Å². The van der Waals surface area contributed by atoms with Crippen LogP contribution < -0.4 is 16.0 Å². The van der Waals surface area contributed by atoms with Gasteiger partial charge in [-0.25, -0.2) is 4.39 Å². The number of nitrogen functional groups attached to an aromatic ring is 1. The number of rotatable bonds is 3. The molecule has 1 aromatic heterocycles. The first kappa shape index (κ1) is 13.8. The van der Waals surface area contributed by atoms with E-state index in [1.165, 1.54) is 24.4 Å². The maximum absolute atomic E-state index is 13.4. The Morgan fingerprint density at radius 1 is 1.35 bits per heavy atom. The summed E-state index contributed by atoms with van der Waals surface area (Å²) in [6, 6.07) is 5.89. The lowest BCUT2D eigenvalue weighted by molar-refractivity contribution is 0.102. The Balaban J connectivity index is 2.31. The van der Waals surface area contributed by atoms with Crippen LogP contribution in [-0.2, 0) is 0 Å². The molecule has 0 unspecified atom stereocenters. The van der Waals surface area contributed by atoms with Crippen molar-refractivity contribution in [1.82, 2.24) is 4.98 Å². The molecule has 5 nitrogen and oxygen atoms in total. The standard InChI is InChI=1S/C14H15FN4O/c1-19(2)12-6-7-17-8-11(12)18-14(20)9-4-3-5-10(15)13(9)16/h3-8H,16H2,1-2H3,(H,18,20). The minimum Gasteiger partial charge on any atom is -0.396 e. The van der Waals surface area contributed by atoms with E-state index in [1.807, 2.05) is 19.0 Å². The number of aromatic nitrogens is 1. The minimum atomic E-state index is -0.614.